The normalized spacial score (nSPS) is 44.7. The van der Waals surface area contributed by atoms with Crippen LogP contribution in [0.4, 0.5) is 0 Å². The van der Waals surface area contributed by atoms with Crippen molar-refractivity contribution in [1.29, 1.82) is 0 Å². The summed E-state index contributed by atoms with van der Waals surface area (Å²) >= 11 is 0. The quantitative estimate of drug-likeness (QED) is 0.808. The highest BCUT2D eigenvalue weighted by molar-refractivity contribution is 5.90. The standard InChI is InChI=1S/C17H26O4/c1-10(2)12-5-4-11(3)6-13(12)21-15(20)17-7-16(8-17,9-17)14(18)19/h10-13H,4-9H2,1-3H3,(H,18,19)/t11-,12+,13-,16?,17?/m1/s1. The lowest BCUT2D eigenvalue weighted by Gasteiger charge is -2.66. The molecule has 118 valence electrons. The summed E-state index contributed by atoms with van der Waals surface area (Å²) in [6, 6.07) is 0. The van der Waals surface area contributed by atoms with E-state index in [0.29, 0.717) is 37.0 Å². The summed E-state index contributed by atoms with van der Waals surface area (Å²) in [6.07, 6.45) is 4.78. The van der Waals surface area contributed by atoms with Crippen LogP contribution in [-0.2, 0) is 14.3 Å². The van der Waals surface area contributed by atoms with Gasteiger partial charge in [0.1, 0.15) is 6.10 Å². The number of carboxylic acids is 1. The van der Waals surface area contributed by atoms with Gasteiger partial charge >= 0.3 is 11.9 Å². The molecule has 0 aliphatic heterocycles. The summed E-state index contributed by atoms with van der Waals surface area (Å²) in [5.41, 5.74) is -1.06. The van der Waals surface area contributed by atoms with Gasteiger partial charge in [-0.05, 0) is 49.9 Å². The van der Waals surface area contributed by atoms with Gasteiger partial charge in [-0.15, -0.1) is 0 Å². The maximum absolute atomic E-state index is 12.5. The van der Waals surface area contributed by atoms with Crippen LogP contribution in [0.3, 0.4) is 0 Å². The zero-order chi connectivity index (χ0) is 15.4. The van der Waals surface area contributed by atoms with Crippen LogP contribution < -0.4 is 0 Å². The van der Waals surface area contributed by atoms with Gasteiger partial charge in [-0.3, -0.25) is 9.59 Å². The van der Waals surface area contributed by atoms with Crippen molar-refractivity contribution in [3.8, 4) is 0 Å². The molecule has 3 atom stereocenters. The molecule has 0 spiro atoms. The Morgan fingerprint density at radius 2 is 1.76 bits per heavy atom. The minimum atomic E-state index is -0.747. The average molecular weight is 294 g/mol. The van der Waals surface area contributed by atoms with Crippen molar-refractivity contribution < 1.29 is 19.4 Å². The summed E-state index contributed by atoms with van der Waals surface area (Å²) in [5.74, 6) is 0.703. The van der Waals surface area contributed by atoms with Crippen LogP contribution in [-0.4, -0.2) is 23.1 Å². The molecule has 4 heteroatoms. The molecule has 0 unspecified atom stereocenters. The Kier molecular flexibility index (Phi) is 3.34. The Hall–Kier alpha value is -1.06. The molecule has 0 aromatic carbocycles. The number of aliphatic carboxylic acids is 1. The van der Waals surface area contributed by atoms with E-state index in [9.17, 15) is 9.59 Å². The third-order valence-electron chi connectivity index (χ3n) is 6.14. The van der Waals surface area contributed by atoms with Gasteiger partial charge in [0.25, 0.3) is 0 Å². The molecule has 4 aliphatic carbocycles. The highest BCUT2D eigenvalue weighted by Crippen LogP contribution is 2.73. The van der Waals surface area contributed by atoms with Gasteiger partial charge in [0.05, 0.1) is 10.8 Å². The predicted molar refractivity (Wildman–Crippen MR) is 77.6 cm³/mol. The van der Waals surface area contributed by atoms with Crippen LogP contribution in [0, 0.1) is 28.6 Å². The number of carboxylic acid groups (broad SMARTS) is 1. The van der Waals surface area contributed by atoms with Gasteiger partial charge in [-0.2, -0.15) is 0 Å². The predicted octanol–water partition coefficient (Wildman–Crippen LogP) is 3.25. The van der Waals surface area contributed by atoms with Gasteiger partial charge in [0.2, 0.25) is 0 Å². The summed E-state index contributed by atoms with van der Waals surface area (Å²) in [7, 11) is 0. The van der Waals surface area contributed by atoms with Crippen molar-refractivity contribution in [2.24, 2.45) is 28.6 Å². The molecule has 4 nitrogen and oxygen atoms in total. The molecule has 4 rings (SSSR count). The van der Waals surface area contributed by atoms with Crippen LogP contribution in [0.25, 0.3) is 0 Å². The van der Waals surface area contributed by atoms with Crippen molar-refractivity contribution in [2.45, 2.75) is 65.4 Å². The van der Waals surface area contributed by atoms with E-state index in [1.165, 1.54) is 6.42 Å². The van der Waals surface area contributed by atoms with Crippen LogP contribution >= 0.6 is 0 Å². The largest absolute Gasteiger partial charge is 0.481 e. The first-order valence-electron chi connectivity index (χ1n) is 8.22. The minimum Gasteiger partial charge on any atom is -0.481 e. The molecular weight excluding hydrogens is 268 g/mol. The topological polar surface area (TPSA) is 63.6 Å². The fourth-order valence-electron chi connectivity index (χ4n) is 4.74. The molecule has 21 heavy (non-hydrogen) atoms. The highest BCUT2D eigenvalue weighted by atomic mass is 16.5. The van der Waals surface area contributed by atoms with E-state index < -0.39 is 16.8 Å². The lowest BCUT2D eigenvalue weighted by molar-refractivity contribution is -0.239. The highest BCUT2D eigenvalue weighted by Gasteiger charge is 2.76. The first-order chi connectivity index (χ1) is 9.78. The Morgan fingerprint density at radius 3 is 2.29 bits per heavy atom. The number of carbonyl (C=O) groups excluding carboxylic acids is 1. The maximum Gasteiger partial charge on any atom is 0.312 e. The molecular formula is C17H26O4. The van der Waals surface area contributed by atoms with E-state index in [1.807, 2.05) is 0 Å². The van der Waals surface area contributed by atoms with E-state index in [0.717, 1.165) is 12.8 Å². The van der Waals surface area contributed by atoms with Crippen LogP contribution in [0.5, 0.6) is 0 Å². The van der Waals surface area contributed by atoms with Crippen molar-refractivity contribution >= 4 is 11.9 Å². The maximum atomic E-state index is 12.5. The summed E-state index contributed by atoms with van der Waals surface area (Å²) in [5, 5.41) is 9.15. The number of hydrogen-bond donors (Lipinski definition) is 1. The van der Waals surface area contributed by atoms with Gasteiger partial charge in [0.15, 0.2) is 0 Å². The molecule has 0 aromatic rings. The third kappa shape index (κ3) is 2.18. The van der Waals surface area contributed by atoms with Crippen molar-refractivity contribution in [1.82, 2.24) is 0 Å². The number of carbonyl (C=O) groups is 2. The first kappa shape index (κ1) is 14.9. The Morgan fingerprint density at radius 1 is 1.14 bits per heavy atom. The van der Waals surface area contributed by atoms with Crippen LogP contribution in [0.1, 0.15) is 59.3 Å². The number of ether oxygens (including phenoxy) is 1. The zero-order valence-corrected chi connectivity index (χ0v) is 13.2. The van der Waals surface area contributed by atoms with Gasteiger partial charge < -0.3 is 9.84 Å². The smallest absolute Gasteiger partial charge is 0.312 e. The lowest BCUT2D eigenvalue weighted by Crippen LogP contribution is -2.69. The monoisotopic (exact) mass is 294 g/mol. The van der Waals surface area contributed by atoms with Crippen LogP contribution in [0.2, 0.25) is 0 Å². The molecule has 2 bridgehead atoms. The van der Waals surface area contributed by atoms with Gasteiger partial charge in [0, 0.05) is 0 Å². The first-order valence-corrected chi connectivity index (χ1v) is 8.22. The molecule has 1 N–H and O–H groups in total. The molecule has 0 amide bonds. The van der Waals surface area contributed by atoms with E-state index in [4.69, 9.17) is 9.84 Å². The second-order valence-corrected chi connectivity index (χ2v) is 8.17. The van der Waals surface area contributed by atoms with E-state index in [2.05, 4.69) is 20.8 Å². The van der Waals surface area contributed by atoms with E-state index in [-0.39, 0.29) is 12.1 Å². The Bertz CT molecular complexity index is 448. The van der Waals surface area contributed by atoms with Gasteiger partial charge in [-0.25, -0.2) is 0 Å². The Balaban J connectivity index is 1.61. The molecule has 4 aliphatic rings. The number of hydrogen-bond acceptors (Lipinski definition) is 3. The average Bonchev–Trinajstić information content (AvgIpc) is 2.23. The third-order valence-corrected chi connectivity index (χ3v) is 6.14. The number of rotatable bonds is 4. The second kappa shape index (κ2) is 4.72. The van der Waals surface area contributed by atoms with Crippen LogP contribution in [0.15, 0.2) is 0 Å². The van der Waals surface area contributed by atoms with E-state index >= 15 is 0 Å². The van der Waals surface area contributed by atoms with Crippen molar-refractivity contribution in [2.75, 3.05) is 0 Å². The summed E-state index contributed by atoms with van der Waals surface area (Å²) in [4.78, 5) is 23.6. The summed E-state index contributed by atoms with van der Waals surface area (Å²) < 4.78 is 5.87. The fraction of sp³-hybridized carbons (Fsp3) is 0.882. The molecule has 4 saturated carbocycles. The molecule has 0 radical (unpaired) electrons. The van der Waals surface area contributed by atoms with Crippen molar-refractivity contribution in [3.05, 3.63) is 0 Å². The molecule has 0 aromatic heterocycles. The lowest BCUT2D eigenvalue weighted by atomic mass is 9.35. The fourth-order valence-corrected chi connectivity index (χ4v) is 4.74. The molecule has 0 heterocycles. The summed E-state index contributed by atoms with van der Waals surface area (Å²) in [6.45, 7) is 6.61. The number of esters is 1. The minimum absolute atomic E-state index is 0.0241. The SMILES string of the molecule is CC(C)[C@@H]1CC[C@@H](C)C[C@H]1OC(=O)C12CC(C(=O)O)(C1)C2. The Labute approximate surface area is 126 Å². The van der Waals surface area contributed by atoms with E-state index in [1.54, 1.807) is 0 Å². The second-order valence-electron chi connectivity index (χ2n) is 8.17. The molecule has 4 fully saturated rings. The van der Waals surface area contributed by atoms with Gasteiger partial charge in [-0.1, -0.05) is 27.2 Å². The molecule has 0 saturated heterocycles. The zero-order valence-electron chi connectivity index (χ0n) is 13.2. The van der Waals surface area contributed by atoms with Crippen molar-refractivity contribution in [3.63, 3.8) is 0 Å².